The van der Waals surface area contributed by atoms with Crippen LogP contribution in [0.1, 0.15) is 36.5 Å². The van der Waals surface area contributed by atoms with E-state index >= 15 is 0 Å². The van der Waals surface area contributed by atoms with E-state index in [0.717, 1.165) is 37.4 Å². The Kier molecular flexibility index (Phi) is 3.67. The number of anilines is 1. The van der Waals surface area contributed by atoms with Crippen LogP contribution in [-0.2, 0) is 0 Å². The van der Waals surface area contributed by atoms with Crippen LogP contribution in [-0.4, -0.2) is 23.9 Å². The van der Waals surface area contributed by atoms with E-state index in [1.165, 1.54) is 6.42 Å². The van der Waals surface area contributed by atoms with E-state index in [1.807, 2.05) is 17.0 Å². The maximum Gasteiger partial charge on any atom is 0.253 e. The summed E-state index contributed by atoms with van der Waals surface area (Å²) in [4.78, 5) is 14.2. The molecule has 1 aromatic carbocycles. The predicted molar refractivity (Wildman–Crippen MR) is 69.8 cm³/mol. The van der Waals surface area contributed by atoms with Gasteiger partial charge < -0.3 is 10.6 Å². The van der Waals surface area contributed by atoms with E-state index in [0.29, 0.717) is 5.69 Å². The fourth-order valence-corrected chi connectivity index (χ4v) is 2.27. The van der Waals surface area contributed by atoms with E-state index in [-0.39, 0.29) is 5.91 Å². The number of likely N-dealkylation sites (tertiary alicyclic amines) is 1. The summed E-state index contributed by atoms with van der Waals surface area (Å²) in [5.41, 5.74) is 7.07. The number of hydrogen-bond donors (Lipinski definition) is 1. The lowest BCUT2D eigenvalue weighted by molar-refractivity contribution is 0.0760. The van der Waals surface area contributed by atoms with E-state index in [4.69, 9.17) is 5.73 Å². The summed E-state index contributed by atoms with van der Waals surface area (Å²) in [6, 6.07) is 7.19. The highest BCUT2D eigenvalue weighted by molar-refractivity contribution is 5.94. The summed E-state index contributed by atoms with van der Waals surface area (Å²) in [5.74, 6) is 0.873. The molecule has 2 rings (SSSR count). The topological polar surface area (TPSA) is 46.3 Å². The Morgan fingerprint density at radius 2 is 1.94 bits per heavy atom. The van der Waals surface area contributed by atoms with Gasteiger partial charge in [-0.15, -0.1) is 0 Å². The first-order chi connectivity index (χ1) is 8.16. The van der Waals surface area contributed by atoms with Crippen molar-refractivity contribution in [1.82, 2.24) is 4.90 Å². The van der Waals surface area contributed by atoms with Crippen LogP contribution in [0.3, 0.4) is 0 Å². The second kappa shape index (κ2) is 5.21. The number of nitrogen functional groups attached to an aromatic ring is 1. The molecule has 1 aromatic rings. The molecule has 0 aromatic heterocycles. The third-order valence-corrected chi connectivity index (χ3v) is 3.46. The monoisotopic (exact) mass is 232 g/mol. The molecule has 1 saturated heterocycles. The molecule has 17 heavy (non-hydrogen) atoms. The first kappa shape index (κ1) is 12.0. The van der Waals surface area contributed by atoms with E-state index < -0.39 is 0 Å². The minimum atomic E-state index is 0.138. The van der Waals surface area contributed by atoms with Crippen LogP contribution in [0.5, 0.6) is 0 Å². The van der Waals surface area contributed by atoms with Crippen LogP contribution in [0.15, 0.2) is 24.3 Å². The van der Waals surface area contributed by atoms with E-state index in [1.54, 1.807) is 12.1 Å². The fraction of sp³-hybridized carbons (Fsp3) is 0.500. The number of hydrogen-bond acceptors (Lipinski definition) is 2. The highest BCUT2D eigenvalue weighted by Gasteiger charge is 2.19. The van der Waals surface area contributed by atoms with Crippen LogP contribution in [0.2, 0.25) is 0 Å². The van der Waals surface area contributed by atoms with E-state index in [2.05, 4.69) is 6.92 Å². The standard InChI is InChI=1S/C14H20N2O/c1-11-3-2-9-16(10-8-11)14(17)12-4-6-13(15)7-5-12/h4-7,11H,2-3,8-10,15H2,1H3. The summed E-state index contributed by atoms with van der Waals surface area (Å²) >= 11 is 0. The molecule has 1 heterocycles. The molecular weight excluding hydrogens is 212 g/mol. The summed E-state index contributed by atoms with van der Waals surface area (Å²) in [5, 5.41) is 0. The molecule has 0 aliphatic carbocycles. The maximum absolute atomic E-state index is 12.3. The number of carbonyl (C=O) groups excluding carboxylic acids is 1. The van der Waals surface area contributed by atoms with Crippen molar-refractivity contribution in [2.24, 2.45) is 5.92 Å². The van der Waals surface area contributed by atoms with Crippen molar-refractivity contribution in [1.29, 1.82) is 0 Å². The van der Waals surface area contributed by atoms with Crippen molar-refractivity contribution >= 4 is 11.6 Å². The van der Waals surface area contributed by atoms with Crippen molar-refractivity contribution in [3.8, 4) is 0 Å². The van der Waals surface area contributed by atoms with Gasteiger partial charge in [0.25, 0.3) is 5.91 Å². The molecule has 0 bridgehead atoms. The zero-order valence-electron chi connectivity index (χ0n) is 10.4. The van der Waals surface area contributed by atoms with Gasteiger partial charge in [0.2, 0.25) is 0 Å². The van der Waals surface area contributed by atoms with Gasteiger partial charge in [-0.25, -0.2) is 0 Å². The van der Waals surface area contributed by atoms with E-state index in [9.17, 15) is 4.79 Å². The number of carbonyl (C=O) groups is 1. The minimum Gasteiger partial charge on any atom is -0.399 e. The first-order valence-electron chi connectivity index (χ1n) is 6.31. The molecule has 1 amide bonds. The largest absolute Gasteiger partial charge is 0.399 e. The average Bonchev–Trinajstić information content (AvgIpc) is 2.54. The smallest absolute Gasteiger partial charge is 0.253 e. The number of nitrogens with zero attached hydrogens (tertiary/aromatic N) is 1. The Balaban J connectivity index is 2.06. The number of nitrogens with two attached hydrogens (primary N) is 1. The normalized spacial score (nSPS) is 21.0. The quantitative estimate of drug-likeness (QED) is 0.756. The molecule has 92 valence electrons. The van der Waals surface area contributed by atoms with Crippen molar-refractivity contribution in [2.45, 2.75) is 26.2 Å². The highest BCUT2D eigenvalue weighted by atomic mass is 16.2. The van der Waals surface area contributed by atoms with Gasteiger partial charge in [-0.1, -0.05) is 6.92 Å². The summed E-state index contributed by atoms with van der Waals surface area (Å²) in [6.07, 6.45) is 3.45. The second-order valence-electron chi connectivity index (χ2n) is 4.95. The Hall–Kier alpha value is -1.51. The first-order valence-corrected chi connectivity index (χ1v) is 6.31. The molecular formula is C14H20N2O. The van der Waals surface area contributed by atoms with Gasteiger partial charge in [0.1, 0.15) is 0 Å². The van der Waals surface area contributed by atoms with Gasteiger partial charge in [0, 0.05) is 24.3 Å². The summed E-state index contributed by atoms with van der Waals surface area (Å²) in [6.45, 7) is 4.02. The van der Waals surface area contributed by atoms with Gasteiger partial charge in [-0.2, -0.15) is 0 Å². The molecule has 1 aliphatic rings. The van der Waals surface area contributed by atoms with Crippen molar-refractivity contribution in [2.75, 3.05) is 18.8 Å². The molecule has 0 radical (unpaired) electrons. The fourth-order valence-electron chi connectivity index (χ4n) is 2.27. The zero-order valence-corrected chi connectivity index (χ0v) is 10.4. The number of amides is 1. The Morgan fingerprint density at radius 1 is 1.24 bits per heavy atom. The van der Waals surface area contributed by atoms with Crippen molar-refractivity contribution < 1.29 is 4.79 Å². The lowest BCUT2D eigenvalue weighted by atomic mass is 10.0. The number of rotatable bonds is 1. The Morgan fingerprint density at radius 3 is 2.65 bits per heavy atom. The highest BCUT2D eigenvalue weighted by Crippen LogP contribution is 2.18. The molecule has 1 unspecified atom stereocenters. The molecule has 1 atom stereocenters. The van der Waals surface area contributed by atoms with Gasteiger partial charge in [-0.3, -0.25) is 4.79 Å². The second-order valence-corrected chi connectivity index (χ2v) is 4.95. The van der Waals surface area contributed by atoms with Crippen LogP contribution >= 0.6 is 0 Å². The average molecular weight is 232 g/mol. The SMILES string of the molecule is CC1CCCN(C(=O)c2ccc(N)cc2)CC1. The molecule has 3 heteroatoms. The van der Waals surface area contributed by atoms with Crippen LogP contribution in [0.4, 0.5) is 5.69 Å². The van der Waals surface area contributed by atoms with Crippen LogP contribution in [0, 0.1) is 5.92 Å². The third-order valence-electron chi connectivity index (χ3n) is 3.46. The molecule has 0 saturated carbocycles. The molecule has 1 fully saturated rings. The molecule has 3 nitrogen and oxygen atoms in total. The van der Waals surface area contributed by atoms with Crippen molar-refractivity contribution in [3.05, 3.63) is 29.8 Å². The lowest BCUT2D eigenvalue weighted by Crippen LogP contribution is -2.31. The zero-order chi connectivity index (χ0) is 12.3. The third kappa shape index (κ3) is 2.99. The van der Waals surface area contributed by atoms with Gasteiger partial charge in [-0.05, 0) is 49.4 Å². The van der Waals surface area contributed by atoms with Gasteiger partial charge in [0.05, 0.1) is 0 Å². The molecule has 0 spiro atoms. The Labute approximate surface area is 103 Å². The summed E-state index contributed by atoms with van der Waals surface area (Å²) < 4.78 is 0. The van der Waals surface area contributed by atoms with Gasteiger partial charge in [0.15, 0.2) is 0 Å². The van der Waals surface area contributed by atoms with Crippen LogP contribution in [0.25, 0.3) is 0 Å². The summed E-state index contributed by atoms with van der Waals surface area (Å²) in [7, 11) is 0. The molecule has 2 N–H and O–H groups in total. The molecule has 1 aliphatic heterocycles. The Bertz CT molecular complexity index is 386. The minimum absolute atomic E-state index is 0.138. The number of benzene rings is 1. The lowest BCUT2D eigenvalue weighted by Gasteiger charge is -2.20. The van der Waals surface area contributed by atoms with Gasteiger partial charge >= 0.3 is 0 Å². The van der Waals surface area contributed by atoms with Crippen LogP contribution < -0.4 is 5.73 Å². The van der Waals surface area contributed by atoms with Crippen molar-refractivity contribution in [3.63, 3.8) is 0 Å². The maximum atomic E-state index is 12.3. The predicted octanol–water partition coefficient (Wildman–Crippen LogP) is 2.53.